The Morgan fingerprint density at radius 2 is 2.19 bits per heavy atom. The molecule has 0 aromatic carbocycles. The molecular weight excluding hydrogens is 242 g/mol. The second-order valence-corrected chi connectivity index (χ2v) is 7.63. The predicted molar refractivity (Wildman–Crippen MR) is 65.0 cm³/mol. The molecule has 0 radical (unpaired) electrons. The van der Waals surface area contributed by atoms with Gasteiger partial charge in [0.15, 0.2) is 9.84 Å². The maximum Gasteiger partial charge on any atom is 0.187 e. The van der Waals surface area contributed by atoms with E-state index in [-0.39, 0.29) is 5.75 Å². The van der Waals surface area contributed by atoms with E-state index in [9.17, 15) is 8.42 Å². The Labute approximate surface area is 101 Å². The van der Waals surface area contributed by atoms with Crippen molar-refractivity contribution in [2.75, 3.05) is 5.75 Å². The van der Waals surface area contributed by atoms with Gasteiger partial charge < -0.3 is 0 Å². The van der Waals surface area contributed by atoms with Crippen LogP contribution in [0.15, 0.2) is 21.7 Å². The average molecular weight is 257 g/mol. The molecular formula is C11H15NO2S2. The van der Waals surface area contributed by atoms with Crippen molar-refractivity contribution in [3.8, 4) is 6.07 Å². The number of rotatable bonds is 5. The smallest absolute Gasteiger partial charge is 0.187 e. The Hall–Kier alpha value is -0.860. The fraction of sp³-hybridized carbons (Fsp3) is 0.545. The molecule has 0 aliphatic carbocycles. The molecule has 3 nitrogen and oxygen atoms in total. The third-order valence-electron chi connectivity index (χ3n) is 2.32. The van der Waals surface area contributed by atoms with Crippen LogP contribution in [0.5, 0.6) is 0 Å². The van der Waals surface area contributed by atoms with Gasteiger partial charge in [0.25, 0.3) is 0 Å². The Balaban J connectivity index is 2.55. The van der Waals surface area contributed by atoms with E-state index >= 15 is 0 Å². The van der Waals surface area contributed by atoms with Gasteiger partial charge in [-0.15, -0.1) is 11.3 Å². The van der Waals surface area contributed by atoms with Crippen molar-refractivity contribution in [3.05, 3.63) is 17.5 Å². The summed E-state index contributed by atoms with van der Waals surface area (Å²) in [4.78, 5) is 0. The van der Waals surface area contributed by atoms with E-state index in [2.05, 4.69) is 6.07 Å². The van der Waals surface area contributed by atoms with Crippen LogP contribution in [0.3, 0.4) is 0 Å². The third-order valence-corrected chi connectivity index (χ3v) is 5.61. The van der Waals surface area contributed by atoms with E-state index < -0.39 is 15.3 Å². The fourth-order valence-corrected chi connectivity index (χ4v) is 3.76. The number of sulfone groups is 1. The fourth-order valence-electron chi connectivity index (χ4n) is 1.30. The molecule has 88 valence electrons. The highest BCUT2D eigenvalue weighted by molar-refractivity contribution is 7.93. The zero-order valence-electron chi connectivity index (χ0n) is 9.43. The molecule has 1 aromatic rings. The SMILES string of the molecule is CC(C)(C#N)CCCS(=O)(=O)c1cccs1. The lowest BCUT2D eigenvalue weighted by atomic mass is 9.90. The average Bonchev–Trinajstić information content (AvgIpc) is 2.70. The van der Waals surface area contributed by atoms with Crippen LogP contribution in [0.1, 0.15) is 26.7 Å². The first-order valence-corrected chi connectivity index (χ1v) is 7.58. The summed E-state index contributed by atoms with van der Waals surface area (Å²) in [5.74, 6) is 0.124. The molecule has 0 fully saturated rings. The van der Waals surface area contributed by atoms with Gasteiger partial charge in [-0.3, -0.25) is 0 Å². The van der Waals surface area contributed by atoms with Gasteiger partial charge in [-0.2, -0.15) is 5.26 Å². The number of hydrogen-bond donors (Lipinski definition) is 0. The largest absolute Gasteiger partial charge is 0.223 e. The predicted octanol–water partition coefficient (Wildman–Crippen LogP) is 2.85. The van der Waals surface area contributed by atoms with Gasteiger partial charge in [0, 0.05) is 0 Å². The van der Waals surface area contributed by atoms with Crippen molar-refractivity contribution in [1.29, 1.82) is 5.26 Å². The molecule has 0 unspecified atom stereocenters. The van der Waals surface area contributed by atoms with Gasteiger partial charge in [0.1, 0.15) is 4.21 Å². The normalized spacial score (nSPS) is 12.3. The van der Waals surface area contributed by atoms with E-state index in [0.717, 1.165) is 0 Å². The molecule has 0 saturated carbocycles. The van der Waals surface area contributed by atoms with Gasteiger partial charge in [0.2, 0.25) is 0 Å². The lowest BCUT2D eigenvalue weighted by Crippen LogP contribution is -2.12. The monoisotopic (exact) mass is 257 g/mol. The second kappa shape index (κ2) is 4.98. The lowest BCUT2D eigenvalue weighted by Gasteiger charge is -2.13. The summed E-state index contributed by atoms with van der Waals surface area (Å²) in [7, 11) is -3.14. The molecule has 1 heterocycles. The maximum atomic E-state index is 11.8. The van der Waals surface area contributed by atoms with Gasteiger partial charge in [-0.25, -0.2) is 8.42 Å². The van der Waals surface area contributed by atoms with E-state index in [1.165, 1.54) is 11.3 Å². The number of hydrogen-bond acceptors (Lipinski definition) is 4. The molecule has 16 heavy (non-hydrogen) atoms. The van der Waals surface area contributed by atoms with Crippen molar-refractivity contribution >= 4 is 21.2 Å². The quantitative estimate of drug-likeness (QED) is 0.815. The van der Waals surface area contributed by atoms with Crippen LogP contribution in [0.25, 0.3) is 0 Å². The Bertz CT molecular complexity index is 467. The van der Waals surface area contributed by atoms with Gasteiger partial charge in [-0.1, -0.05) is 6.07 Å². The van der Waals surface area contributed by atoms with Crippen molar-refractivity contribution in [2.24, 2.45) is 5.41 Å². The number of nitrogens with zero attached hydrogens (tertiary/aromatic N) is 1. The summed E-state index contributed by atoms with van der Waals surface area (Å²) in [5, 5.41) is 10.6. The molecule has 1 rings (SSSR count). The molecule has 0 amide bonds. The second-order valence-electron chi connectivity index (χ2n) is 4.35. The minimum absolute atomic E-state index is 0.124. The number of nitriles is 1. The molecule has 0 bridgehead atoms. The Kier molecular flexibility index (Phi) is 4.11. The van der Waals surface area contributed by atoms with Gasteiger partial charge >= 0.3 is 0 Å². The molecule has 5 heteroatoms. The van der Waals surface area contributed by atoms with E-state index in [1.807, 2.05) is 13.8 Å². The molecule has 0 aliphatic heterocycles. The van der Waals surface area contributed by atoms with Gasteiger partial charge in [0.05, 0.1) is 17.2 Å². The van der Waals surface area contributed by atoms with Crippen LogP contribution >= 0.6 is 11.3 Å². The Morgan fingerprint density at radius 1 is 1.50 bits per heavy atom. The molecule has 0 aliphatic rings. The van der Waals surface area contributed by atoms with Crippen molar-refractivity contribution in [3.63, 3.8) is 0 Å². The first-order valence-electron chi connectivity index (χ1n) is 5.05. The van der Waals surface area contributed by atoms with Crippen LogP contribution < -0.4 is 0 Å². The molecule has 1 aromatic heterocycles. The van der Waals surface area contributed by atoms with E-state index in [0.29, 0.717) is 17.1 Å². The highest BCUT2D eigenvalue weighted by Crippen LogP contribution is 2.23. The van der Waals surface area contributed by atoms with Crippen molar-refractivity contribution in [2.45, 2.75) is 30.9 Å². The van der Waals surface area contributed by atoms with Crippen LogP contribution in [0.2, 0.25) is 0 Å². The maximum absolute atomic E-state index is 11.8. The van der Waals surface area contributed by atoms with Crippen LogP contribution in [0, 0.1) is 16.7 Å². The lowest BCUT2D eigenvalue weighted by molar-refractivity contribution is 0.445. The minimum atomic E-state index is -3.14. The standard InChI is InChI=1S/C11H15NO2S2/c1-11(2,9-12)6-4-8-16(13,14)10-5-3-7-15-10/h3,5,7H,4,6,8H2,1-2H3. The van der Waals surface area contributed by atoms with E-state index in [4.69, 9.17) is 5.26 Å². The third kappa shape index (κ3) is 3.62. The number of thiophene rings is 1. The summed E-state index contributed by atoms with van der Waals surface area (Å²) in [6.07, 6.45) is 1.13. The molecule has 0 spiro atoms. The zero-order valence-corrected chi connectivity index (χ0v) is 11.1. The molecule has 0 atom stereocenters. The van der Waals surface area contributed by atoms with Crippen LogP contribution in [0.4, 0.5) is 0 Å². The first-order chi connectivity index (χ1) is 7.37. The van der Waals surface area contributed by atoms with Crippen LogP contribution in [-0.2, 0) is 9.84 Å². The van der Waals surface area contributed by atoms with Crippen molar-refractivity contribution < 1.29 is 8.42 Å². The summed E-state index contributed by atoms with van der Waals surface area (Å²) in [6.45, 7) is 3.65. The van der Waals surface area contributed by atoms with Gasteiger partial charge in [-0.05, 0) is 38.1 Å². The van der Waals surface area contributed by atoms with Crippen molar-refractivity contribution in [1.82, 2.24) is 0 Å². The summed E-state index contributed by atoms with van der Waals surface area (Å²) >= 11 is 1.24. The minimum Gasteiger partial charge on any atom is -0.223 e. The molecule has 0 saturated heterocycles. The molecule has 0 N–H and O–H groups in total. The topological polar surface area (TPSA) is 57.9 Å². The highest BCUT2D eigenvalue weighted by Gasteiger charge is 2.20. The first kappa shape index (κ1) is 13.2. The summed E-state index contributed by atoms with van der Waals surface area (Å²) < 4.78 is 24.0. The van der Waals surface area contributed by atoms with Crippen LogP contribution in [-0.4, -0.2) is 14.2 Å². The van der Waals surface area contributed by atoms with E-state index in [1.54, 1.807) is 17.5 Å². The Morgan fingerprint density at radius 3 is 2.69 bits per heavy atom. The summed E-state index contributed by atoms with van der Waals surface area (Å²) in [5.41, 5.74) is -0.440. The zero-order chi connectivity index (χ0) is 12.2. The highest BCUT2D eigenvalue weighted by atomic mass is 32.2. The summed E-state index contributed by atoms with van der Waals surface area (Å²) in [6, 6.07) is 5.52.